The summed E-state index contributed by atoms with van der Waals surface area (Å²) in [7, 11) is 0. The van der Waals surface area contributed by atoms with E-state index in [1.165, 1.54) is 18.9 Å². The zero-order valence-corrected chi connectivity index (χ0v) is 14.2. The van der Waals surface area contributed by atoms with Crippen LogP contribution in [0.1, 0.15) is 48.9 Å². The number of hydrogen-bond donors (Lipinski definition) is 2. The maximum Gasteiger partial charge on any atom is 0.342 e. The summed E-state index contributed by atoms with van der Waals surface area (Å²) >= 11 is 0. The van der Waals surface area contributed by atoms with E-state index in [2.05, 4.69) is 5.32 Å². The van der Waals surface area contributed by atoms with Crippen LogP contribution in [0.2, 0.25) is 0 Å². The second-order valence-corrected chi connectivity index (χ2v) is 6.55. The van der Waals surface area contributed by atoms with Gasteiger partial charge in [-0.05, 0) is 35.7 Å². The molecule has 1 aliphatic carbocycles. The lowest BCUT2D eigenvalue weighted by molar-refractivity contribution is -0.125. The first-order valence-corrected chi connectivity index (χ1v) is 8.82. The zero-order chi connectivity index (χ0) is 17.6. The minimum absolute atomic E-state index is 0.0703. The summed E-state index contributed by atoms with van der Waals surface area (Å²) in [6.07, 6.45) is 6.62. The first-order chi connectivity index (χ1) is 12.1. The monoisotopic (exact) mass is 341 g/mol. The first-order valence-electron chi connectivity index (χ1n) is 8.82. The number of rotatable bonds is 4. The molecule has 0 bridgehead atoms. The SMILES string of the molecule is O=C(COC(=O)c1cc2ccccc2cc1O)NC1CCCCCC1. The molecular formula is C20H23NO4. The number of esters is 1. The van der Waals surface area contributed by atoms with Crippen molar-refractivity contribution in [2.75, 3.05) is 6.61 Å². The third kappa shape index (κ3) is 4.50. The summed E-state index contributed by atoms with van der Waals surface area (Å²) in [5.41, 5.74) is 0.0703. The molecule has 0 spiro atoms. The molecule has 0 unspecified atom stereocenters. The van der Waals surface area contributed by atoms with Gasteiger partial charge in [0.05, 0.1) is 0 Å². The van der Waals surface area contributed by atoms with E-state index in [0.29, 0.717) is 0 Å². The lowest BCUT2D eigenvalue weighted by Crippen LogP contribution is -2.37. The van der Waals surface area contributed by atoms with Crippen LogP contribution in [0.15, 0.2) is 36.4 Å². The molecule has 1 amide bonds. The molecule has 1 aliphatic rings. The average Bonchev–Trinajstić information content (AvgIpc) is 2.87. The van der Waals surface area contributed by atoms with Crippen molar-refractivity contribution in [1.82, 2.24) is 5.32 Å². The summed E-state index contributed by atoms with van der Waals surface area (Å²) < 4.78 is 5.08. The van der Waals surface area contributed by atoms with Crippen LogP contribution in [0.3, 0.4) is 0 Å². The molecule has 1 fully saturated rings. The number of phenolic OH excluding ortho intramolecular Hbond substituents is 1. The van der Waals surface area contributed by atoms with Gasteiger partial charge in [-0.2, -0.15) is 0 Å². The zero-order valence-electron chi connectivity index (χ0n) is 14.2. The molecule has 2 N–H and O–H groups in total. The van der Waals surface area contributed by atoms with E-state index in [0.717, 1.165) is 36.5 Å². The normalized spacial score (nSPS) is 15.5. The van der Waals surface area contributed by atoms with Gasteiger partial charge in [-0.1, -0.05) is 49.9 Å². The van der Waals surface area contributed by atoms with Crippen LogP contribution in [0.25, 0.3) is 10.8 Å². The van der Waals surface area contributed by atoms with Crippen LogP contribution in [0.4, 0.5) is 0 Å². The Morgan fingerprint density at radius 3 is 2.36 bits per heavy atom. The van der Waals surface area contributed by atoms with Crippen molar-refractivity contribution in [2.45, 2.75) is 44.6 Å². The maximum atomic E-state index is 12.2. The second-order valence-electron chi connectivity index (χ2n) is 6.55. The number of nitrogens with one attached hydrogen (secondary N) is 1. The van der Waals surface area contributed by atoms with Crippen LogP contribution in [-0.2, 0) is 9.53 Å². The van der Waals surface area contributed by atoms with Crippen LogP contribution < -0.4 is 5.32 Å². The maximum absolute atomic E-state index is 12.2. The number of carbonyl (C=O) groups excluding carboxylic acids is 2. The molecule has 2 aromatic rings. The van der Waals surface area contributed by atoms with Crippen molar-refractivity contribution in [3.05, 3.63) is 42.0 Å². The third-order valence-corrected chi connectivity index (χ3v) is 4.64. The fraction of sp³-hybridized carbons (Fsp3) is 0.400. The summed E-state index contributed by atoms with van der Waals surface area (Å²) in [6.45, 7) is -0.332. The van der Waals surface area contributed by atoms with Gasteiger partial charge in [0.25, 0.3) is 5.91 Å². The Bertz CT molecular complexity index is 763. The molecule has 3 rings (SSSR count). The molecule has 25 heavy (non-hydrogen) atoms. The first kappa shape index (κ1) is 17.3. The number of ether oxygens (including phenoxy) is 1. The van der Waals surface area contributed by atoms with Gasteiger partial charge < -0.3 is 15.2 Å². The number of phenols is 1. The summed E-state index contributed by atoms with van der Waals surface area (Å²) in [4.78, 5) is 24.2. The van der Waals surface area contributed by atoms with Crippen molar-refractivity contribution < 1.29 is 19.4 Å². The average molecular weight is 341 g/mol. The van der Waals surface area contributed by atoms with E-state index in [9.17, 15) is 14.7 Å². The number of carbonyl (C=O) groups is 2. The predicted octanol–water partition coefficient (Wildman–Crippen LogP) is 3.54. The molecule has 0 aliphatic heterocycles. The Morgan fingerprint density at radius 2 is 1.68 bits per heavy atom. The van der Waals surface area contributed by atoms with E-state index in [4.69, 9.17) is 4.74 Å². The Kier molecular flexibility index (Phi) is 5.53. The van der Waals surface area contributed by atoms with Crippen molar-refractivity contribution in [3.63, 3.8) is 0 Å². The minimum Gasteiger partial charge on any atom is -0.507 e. The van der Waals surface area contributed by atoms with Crippen LogP contribution >= 0.6 is 0 Å². The number of amides is 1. The quantitative estimate of drug-likeness (QED) is 0.659. The highest BCUT2D eigenvalue weighted by Gasteiger charge is 2.18. The molecule has 0 heterocycles. The van der Waals surface area contributed by atoms with Crippen LogP contribution in [-0.4, -0.2) is 29.6 Å². The summed E-state index contributed by atoms with van der Waals surface area (Å²) in [5, 5.41) is 14.6. The summed E-state index contributed by atoms with van der Waals surface area (Å²) in [6, 6.07) is 10.7. The fourth-order valence-corrected chi connectivity index (χ4v) is 3.29. The minimum atomic E-state index is -0.695. The van der Waals surface area contributed by atoms with E-state index in [-0.39, 0.29) is 29.9 Å². The van der Waals surface area contributed by atoms with Crippen molar-refractivity contribution in [2.24, 2.45) is 0 Å². The Hall–Kier alpha value is -2.56. The predicted molar refractivity (Wildman–Crippen MR) is 95.5 cm³/mol. The van der Waals surface area contributed by atoms with Crippen LogP contribution in [0.5, 0.6) is 5.75 Å². The lowest BCUT2D eigenvalue weighted by Gasteiger charge is -2.16. The number of hydrogen-bond acceptors (Lipinski definition) is 4. The topological polar surface area (TPSA) is 75.6 Å². The van der Waals surface area contributed by atoms with E-state index in [1.54, 1.807) is 6.07 Å². The molecule has 5 nitrogen and oxygen atoms in total. The Balaban J connectivity index is 1.58. The molecule has 1 saturated carbocycles. The smallest absolute Gasteiger partial charge is 0.342 e. The van der Waals surface area contributed by atoms with Crippen molar-refractivity contribution in [3.8, 4) is 5.75 Å². The van der Waals surface area contributed by atoms with Crippen molar-refractivity contribution in [1.29, 1.82) is 0 Å². The fourth-order valence-electron chi connectivity index (χ4n) is 3.29. The molecule has 0 atom stereocenters. The molecule has 2 aromatic carbocycles. The highest BCUT2D eigenvalue weighted by Crippen LogP contribution is 2.25. The second kappa shape index (κ2) is 8.01. The Morgan fingerprint density at radius 1 is 1.04 bits per heavy atom. The highest BCUT2D eigenvalue weighted by atomic mass is 16.5. The van der Waals surface area contributed by atoms with E-state index < -0.39 is 5.97 Å². The molecule has 5 heteroatoms. The number of benzene rings is 2. The standard InChI is InChI=1S/C20H23NO4/c22-18-12-15-8-6-5-7-14(15)11-17(18)20(24)25-13-19(23)21-16-9-3-1-2-4-10-16/h5-8,11-12,16,22H,1-4,9-10,13H2,(H,21,23). The molecule has 0 saturated heterocycles. The van der Waals surface area contributed by atoms with Crippen LogP contribution in [0, 0.1) is 0 Å². The van der Waals surface area contributed by atoms with Gasteiger partial charge >= 0.3 is 5.97 Å². The summed E-state index contributed by atoms with van der Waals surface area (Å²) in [5.74, 6) is -1.13. The van der Waals surface area contributed by atoms with E-state index in [1.807, 2.05) is 24.3 Å². The Labute approximate surface area is 147 Å². The molecule has 132 valence electrons. The van der Waals surface area contributed by atoms with Crippen molar-refractivity contribution >= 4 is 22.6 Å². The largest absolute Gasteiger partial charge is 0.507 e. The molecule has 0 aromatic heterocycles. The lowest BCUT2D eigenvalue weighted by atomic mass is 10.1. The molecule has 0 radical (unpaired) electrons. The number of fused-ring (bicyclic) bond motifs is 1. The number of aromatic hydroxyl groups is 1. The molecular weight excluding hydrogens is 318 g/mol. The van der Waals surface area contributed by atoms with Gasteiger partial charge in [-0.25, -0.2) is 4.79 Å². The van der Waals surface area contributed by atoms with E-state index >= 15 is 0 Å². The third-order valence-electron chi connectivity index (χ3n) is 4.64. The van der Waals surface area contributed by atoms with Gasteiger partial charge in [0.15, 0.2) is 6.61 Å². The van der Waals surface area contributed by atoms with Gasteiger partial charge in [0.2, 0.25) is 0 Å². The van der Waals surface area contributed by atoms with Gasteiger partial charge in [-0.3, -0.25) is 4.79 Å². The van der Waals surface area contributed by atoms with Gasteiger partial charge in [0, 0.05) is 6.04 Å². The van der Waals surface area contributed by atoms with Gasteiger partial charge in [-0.15, -0.1) is 0 Å². The highest BCUT2D eigenvalue weighted by molar-refractivity contribution is 5.99. The van der Waals surface area contributed by atoms with Gasteiger partial charge in [0.1, 0.15) is 11.3 Å².